The van der Waals surface area contributed by atoms with Crippen molar-refractivity contribution in [2.24, 2.45) is 16.8 Å². The molecule has 2 rings (SSSR count). The summed E-state index contributed by atoms with van der Waals surface area (Å²) in [6, 6.07) is 5.46. The number of ether oxygens (including phenoxy) is 1. The van der Waals surface area contributed by atoms with Gasteiger partial charge in [-0.3, -0.25) is 0 Å². The topological polar surface area (TPSA) is 67.8 Å². The van der Waals surface area contributed by atoms with Crippen LogP contribution in [0.2, 0.25) is 0 Å². The highest BCUT2D eigenvalue weighted by Gasteiger charge is 2.17. The van der Waals surface area contributed by atoms with Crippen LogP contribution in [0.4, 0.5) is 0 Å². The molecule has 0 bridgehead atoms. The number of nitrogens with zero attached hydrogens (tertiary/aromatic N) is 1. The molecule has 0 aromatic heterocycles. The Morgan fingerprint density at radius 1 is 1.50 bits per heavy atom. The van der Waals surface area contributed by atoms with Gasteiger partial charge in [-0.25, -0.2) is 0 Å². The molecule has 1 aromatic rings. The summed E-state index contributed by atoms with van der Waals surface area (Å²) in [7, 11) is 0. The number of nitrogens with two attached hydrogens (primary N) is 1. The summed E-state index contributed by atoms with van der Waals surface area (Å²) >= 11 is 3.39. The zero-order valence-electron chi connectivity index (χ0n) is 10.1. The fraction of sp³-hybridized carbons (Fsp3) is 0.462. The second kappa shape index (κ2) is 6.09. The molecule has 0 heterocycles. The molecule has 1 saturated carbocycles. The summed E-state index contributed by atoms with van der Waals surface area (Å²) in [6.45, 7) is 0.673. The first-order valence-electron chi connectivity index (χ1n) is 6.11. The third-order valence-corrected chi connectivity index (χ3v) is 3.83. The molecule has 1 aromatic carbocycles. The van der Waals surface area contributed by atoms with Crippen LogP contribution in [0, 0.1) is 5.92 Å². The minimum Gasteiger partial charge on any atom is -0.493 e. The van der Waals surface area contributed by atoms with Crippen LogP contribution < -0.4 is 10.5 Å². The van der Waals surface area contributed by atoms with E-state index in [-0.39, 0.29) is 5.84 Å². The van der Waals surface area contributed by atoms with E-state index in [1.54, 1.807) is 6.07 Å². The van der Waals surface area contributed by atoms with Gasteiger partial charge in [0.2, 0.25) is 0 Å². The molecule has 0 radical (unpaired) electrons. The molecule has 1 fully saturated rings. The number of amidine groups is 1. The van der Waals surface area contributed by atoms with E-state index in [9.17, 15) is 0 Å². The van der Waals surface area contributed by atoms with Gasteiger partial charge in [0.25, 0.3) is 0 Å². The zero-order chi connectivity index (χ0) is 13.0. The van der Waals surface area contributed by atoms with Gasteiger partial charge in [-0.1, -0.05) is 40.3 Å². The summed E-state index contributed by atoms with van der Waals surface area (Å²) in [5, 5.41) is 11.8. The number of rotatable bonds is 5. The molecular formula is C13H17BrN2O2. The van der Waals surface area contributed by atoms with E-state index in [0.717, 1.165) is 16.8 Å². The Labute approximate surface area is 115 Å². The minimum atomic E-state index is 0.0705. The van der Waals surface area contributed by atoms with Gasteiger partial charge in [0.05, 0.1) is 12.2 Å². The van der Waals surface area contributed by atoms with Crippen molar-refractivity contribution in [1.82, 2.24) is 0 Å². The van der Waals surface area contributed by atoms with E-state index in [1.807, 2.05) is 12.1 Å². The van der Waals surface area contributed by atoms with E-state index in [4.69, 9.17) is 15.7 Å². The SMILES string of the molecule is N/C(=N/O)c1ccc(Br)cc1OCCC1CCC1. The second-order valence-electron chi connectivity index (χ2n) is 4.56. The number of hydrogen-bond donors (Lipinski definition) is 2. The van der Waals surface area contributed by atoms with Gasteiger partial charge >= 0.3 is 0 Å². The largest absolute Gasteiger partial charge is 0.493 e. The summed E-state index contributed by atoms with van der Waals surface area (Å²) in [5.74, 6) is 1.53. The lowest BCUT2D eigenvalue weighted by atomic mass is 9.83. The van der Waals surface area contributed by atoms with Gasteiger partial charge < -0.3 is 15.7 Å². The van der Waals surface area contributed by atoms with Crippen LogP contribution in [-0.4, -0.2) is 17.6 Å². The van der Waals surface area contributed by atoms with E-state index in [1.165, 1.54) is 19.3 Å². The maximum absolute atomic E-state index is 8.74. The quantitative estimate of drug-likeness (QED) is 0.380. The molecular weight excluding hydrogens is 296 g/mol. The van der Waals surface area contributed by atoms with Crippen molar-refractivity contribution >= 4 is 21.8 Å². The standard InChI is InChI=1S/C13H17BrN2O2/c14-10-4-5-11(13(15)16-17)12(8-10)18-7-6-9-2-1-3-9/h4-5,8-9,17H,1-3,6-7H2,(H2,15,16). The Kier molecular flexibility index (Phi) is 4.47. The molecule has 0 amide bonds. The van der Waals surface area contributed by atoms with Crippen LogP contribution in [0.5, 0.6) is 5.75 Å². The molecule has 0 aliphatic heterocycles. The van der Waals surface area contributed by atoms with Gasteiger partial charge in [0.1, 0.15) is 5.75 Å². The van der Waals surface area contributed by atoms with Gasteiger partial charge in [-0.15, -0.1) is 0 Å². The van der Waals surface area contributed by atoms with E-state index >= 15 is 0 Å². The van der Waals surface area contributed by atoms with Gasteiger partial charge in [-0.2, -0.15) is 0 Å². The van der Waals surface area contributed by atoms with Gasteiger partial charge in [-0.05, 0) is 30.5 Å². The lowest BCUT2D eigenvalue weighted by Crippen LogP contribution is -2.17. The highest BCUT2D eigenvalue weighted by Crippen LogP contribution is 2.30. The lowest BCUT2D eigenvalue weighted by Gasteiger charge is -2.25. The maximum atomic E-state index is 8.74. The Hall–Kier alpha value is -1.23. The Morgan fingerprint density at radius 3 is 2.89 bits per heavy atom. The molecule has 1 aliphatic carbocycles. The predicted molar refractivity (Wildman–Crippen MR) is 74.1 cm³/mol. The molecule has 18 heavy (non-hydrogen) atoms. The molecule has 0 atom stereocenters. The monoisotopic (exact) mass is 312 g/mol. The fourth-order valence-corrected chi connectivity index (χ4v) is 2.34. The molecule has 1 aliphatic rings. The molecule has 98 valence electrons. The number of oxime groups is 1. The minimum absolute atomic E-state index is 0.0705. The van der Waals surface area contributed by atoms with E-state index in [2.05, 4.69) is 21.1 Å². The van der Waals surface area contributed by atoms with Crippen LogP contribution in [0.15, 0.2) is 27.8 Å². The number of halogens is 1. The van der Waals surface area contributed by atoms with E-state index in [0.29, 0.717) is 17.9 Å². The van der Waals surface area contributed by atoms with Crippen molar-refractivity contribution < 1.29 is 9.94 Å². The second-order valence-corrected chi connectivity index (χ2v) is 5.48. The Bertz CT molecular complexity index is 445. The summed E-state index contributed by atoms with van der Waals surface area (Å²) in [5.41, 5.74) is 6.24. The fourth-order valence-electron chi connectivity index (χ4n) is 2.00. The van der Waals surface area contributed by atoms with Crippen LogP contribution in [0.25, 0.3) is 0 Å². The molecule has 3 N–H and O–H groups in total. The lowest BCUT2D eigenvalue weighted by molar-refractivity contribution is 0.221. The first kappa shape index (κ1) is 13.2. The zero-order valence-corrected chi connectivity index (χ0v) is 11.7. The van der Waals surface area contributed by atoms with Crippen molar-refractivity contribution in [3.8, 4) is 5.75 Å². The Morgan fingerprint density at radius 2 is 2.28 bits per heavy atom. The van der Waals surface area contributed by atoms with Crippen LogP contribution in [0.3, 0.4) is 0 Å². The van der Waals surface area contributed by atoms with Crippen molar-refractivity contribution in [3.63, 3.8) is 0 Å². The van der Waals surface area contributed by atoms with Crippen molar-refractivity contribution in [2.45, 2.75) is 25.7 Å². The molecule has 4 nitrogen and oxygen atoms in total. The normalized spacial score (nSPS) is 16.4. The van der Waals surface area contributed by atoms with Crippen LogP contribution in [-0.2, 0) is 0 Å². The van der Waals surface area contributed by atoms with Crippen molar-refractivity contribution in [2.75, 3.05) is 6.61 Å². The first-order valence-corrected chi connectivity index (χ1v) is 6.90. The summed E-state index contributed by atoms with van der Waals surface area (Å²) in [4.78, 5) is 0. The molecule has 0 unspecified atom stereocenters. The average Bonchev–Trinajstić information content (AvgIpc) is 2.31. The van der Waals surface area contributed by atoms with Crippen molar-refractivity contribution in [1.29, 1.82) is 0 Å². The smallest absolute Gasteiger partial charge is 0.173 e. The van der Waals surface area contributed by atoms with Gasteiger partial charge in [0.15, 0.2) is 5.84 Å². The summed E-state index contributed by atoms with van der Waals surface area (Å²) < 4.78 is 6.66. The Balaban J connectivity index is 2.02. The van der Waals surface area contributed by atoms with Crippen LogP contribution in [0.1, 0.15) is 31.2 Å². The number of benzene rings is 1. The third-order valence-electron chi connectivity index (χ3n) is 3.34. The third kappa shape index (κ3) is 3.16. The summed E-state index contributed by atoms with van der Waals surface area (Å²) in [6.07, 6.45) is 5.04. The predicted octanol–water partition coefficient (Wildman–Crippen LogP) is 3.11. The molecule has 0 saturated heterocycles. The average molecular weight is 313 g/mol. The number of hydrogen-bond acceptors (Lipinski definition) is 3. The van der Waals surface area contributed by atoms with Gasteiger partial charge in [0, 0.05) is 4.47 Å². The molecule has 5 heteroatoms. The molecule has 0 spiro atoms. The highest BCUT2D eigenvalue weighted by atomic mass is 79.9. The highest BCUT2D eigenvalue weighted by molar-refractivity contribution is 9.10. The van der Waals surface area contributed by atoms with Crippen molar-refractivity contribution in [3.05, 3.63) is 28.2 Å². The first-order chi connectivity index (χ1) is 8.70. The van der Waals surface area contributed by atoms with Crippen LogP contribution >= 0.6 is 15.9 Å². The van der Waals surface area contributed by atoms with E-state index < -0.39 is 0 Å². The maximum Gasteiger partial charge on any atom is 0.173 e.